The Morgan fingerprint density at radius 2 is 1.46 bits per heavy atom. The summed E-state index contributed by atoms with van der Waals surface area (Å²) in [5.41, 5.74) is 1.02. The monoisotopic (exact) mass is 512 g/mol. The first-order valence-electron chi connectivity index (χ1n) is 11.4. The van der Waals surface area contributed by atoms with E-state index in [0.717, 1.165) is 5.56 Å². The molecule has 0 spiro atoms. The quantitative estimate of drug-likeness (QED) is 0.386. The number of amides is 2. The molecular weight excluding hydrogens is 483 g/mol. The minimum Gasteiger partial charge on any atom is -0.484 e. The molecule has 3 aromatic carbocycles. The van der Waals surface area contributed by atoms with Crippen LogP contribution in [0.25, 0.3) is 0 Å². The van der Waals surface area contributed by atoms with Gasteiger partial charge < -0.3 is 15.0 Å². The highest BCUT2D eigenvalue weighted by Gasteiger charge is 2.33. The predicted octanol–water partition coefficient (Wildman–Crippen LogP) is 5.93. The van der Waals surface area contributed by atoms with E-state index >= 15 is 0 Å². The van der Waals surface area contributed by atoms with Crippen molar-refractivity contribution in [1.29, 1.82) is 0 Å². The Morgan fingerprint density at radius 3 is 2.03 bits per heavy atom. The van der Waals surface area contributed by atoms with Crippen LogP contribution < -0.4 is 10.1 Å². The molecule has 1 atom stereocenters. The standard InChI is InChI=1S/C28H30Cl2N2O3/c1-28(2,3)31-27(34)25(17-20-11-6-4-7-12-20)32(18-22-23(29)15-10-16-24(22)30)26(33)19-35-21-13-8-5-9-14-21/h4-16,25H,17-19H2,1-3H3,(H,31,34)/t25-/m1/s1. The van der Waals surface area contributed by atoms with Crippen LogP contribution in [0.3, 0.4) is 0 Å². The molecule has 7 heteroatoms. The number of nitrogens with one attached hydrogen (secondary N) is 1. The third-order valence-corrected chi connectivity index (χ3v) is 5.97. The topological polar surface area (TPSA) is 58.6 Å². The summed E-state index contributed by atoms with van der Waals surface area (Å²) in [4.78, 5) is 28.6. The number of hydrogen-bond acceptors (Lipinski definition) is 3. The minimum atomic E-state index is -0.809. The Kier molecular flexibility index (Phi) is 9.19. The van der Waals surface area contributed by atoms with Gasteiger partial charge in [0.15, 0.2) is 6.61 Å². The van der Waals surface area contributed by atoms with Gasteiger partial charge in [-0.1, -0.05) is 77.8 Å². The molecule has 0 saturated heterocycles. The van der Waals surface area contributed by atoms with Crippen LogP contribution in [0.5, 0.6) is 5.75 Å². The lowest BCUT2D eigenvalue weighted by molar-refractivity contribution is -0.143. The van der Waals surface area contributed by atoms with Gasteiger partial charge in [0.25, 0.3) is 5.91 Å². The zero-order valence-electron chi connectivity index (χ0n) is 20.1. The second-order valence-corrected chi connectivity index (χ2v) is 10.1. The van der Waals surface area contributed by atoms with Crippen molar-refractivity contribution in [3.63, 3.8) is 0 Å². The molecule has 184 valence electrons. The molecule has 0 radical (unpaired) electrons. The van der Waals surface area contributed by atoms with E-state index in [1.165, 1.54) is 4.90 Å². The highest BCUT2D eigenvalue weighted by molar-refractivity contribution is 6.36. The molecule has 35 heavy (non-hydrogen) atoms. The third-order valence-electron chi connectivity index (χ3n) is 5.26. The Bertz CT molecular complexity index is 1110. The molecule has 0 bridgehead atoms. The molecule has 1 N–H and O–H groups in total. The lowest BCUT2D eigenvalue weighted by Gasteiger charge is -2.34. The first-order valence-corrected chi connectivity index (χ1v) is 12.2. The minimum absolute atomic E-state index is 0.0601. The Hall–Kier alpha value is -3.02. The van der Waals surface area contributed by atoms with Crippen molar-refractivity contribution in [2.75, 3.05) is 6.61 Å². The summed E-state index contributed by atoms with van der Waals surface area (Å²) in [7, 11) is 0. The van der Waals surface area contributed by atoms with Crippen LogP contribution >= 0.6 is 23.2 Å². The molecule has 0 aliphatic rings. The third kappa shape index (κ3) is 8.01. The second-order valence-electron chi connectivity index (χ2n) is 9.27. The van der Waals surface area contributed by atoms with Crippen LogP contribution in [0.1, 0.15) is 31.9 Å². The van der Waals surface area contributed by atoms with Crippen molar-refractivity contribution in [3.05, 3.63) is 100 Å². The molecule has 3 rings (SSSR count). The Balaban J connectivity index is 1.97. The van der Waals surface area contributed by atoms with Crippen molar-refractivity contribution < 1.29 is 14.3 Å². The zero-order valence-corrected chi connectivity index (χ0v) is 21.6. The normalized spacial score (nSPS) is 12.0. The Morgan fingerprint density at radius 1 is 0.886 bits per heavy atom. The molecule has 0 aliphatic carbocycles. The summed E-state index contributed by atoms with van der Waals surface area (Å²) >= 11 is 12.9. The molecule has 3 aromatic rings. The summed E-state index contributed by atoms with van der Waals surface area (Å²) in [6.07, 6.45) is 0.321. The average molecular weight is 513 g/mol. The van der Waals surface area contributed by atoms with E-state index in [1.807, 2.05) is 69.3 Å². The Labute approximate surface area is 217 Å². The highest BCUT2D eigenvalue weighted by Crippen LogP contribution is 2.27. The number of rotatable bonds is 9. The lowest BCUT2D eigenvalue weighted by Crippen LogP contribution is -2.55. The number of hydrogen-bond donors (Lipinski definition) is 1. The maximum Gasteiger partial charge on any atom is 0.261 e. The van der Waals surface area contributed by atoms with Gasteiger partial charge >= 0.3 is 0 Å². The summed E-state index contributed by atoms with van der Waals surface area (Å²) in [6.45, 7) is 5.53. The van der Waals surface area contributed by atoms with Gasteiger partial charge in [-0.2, -0.15) is 0 Å². The molecule has 0 aromatic heterocycles. The van der Waals surface area contributed by atoms with Gasteiger partial charge in [-0.05, 0) is 50.6 Å². The second kappa shape index (κ2) is 12.1. The lowest BCUT2D eigenvalue weighted by atomic mass is 10.0. The van der Waals surface area contributed by atoms with Gasteiger partial charge in [-0.15, -0.1) is 0 Å². The van der Waals surface area contributed by atoms with E-state index in [1.54, 1.807) is 30.3 Å². The molecule has 0 heterocycles. The first kappa shape index (κ1) is 26.6. The summed E-state index contributed by atoms with van der Waals surface area (Å²) in [5, 5.41) is 3.87. The smallest absolute Gasteiger partial charge is 0.261 e. The maximum absolute atomic E-state index is 13.6. The van der Waals surface area contributed by atoms with Crippen LogP contribution in [0.2, 0.25) is 10.0 Å². The van der Waals surface area contributed by atoms with Gasteiger partial charge in [-0.25, -0.2) is 0 Å². The first-order chi connectivity index (χ1) is 16.6. The van der Waals surface area contributed by atoms with Crippen LogP contribution in [0, 0.1) is 0 Å². The number of halogens is 2. The van der Waals surface area contributed by atoms with Crippen LogP contribution in [-0.4, -0.2) is 34.9 Å². The van der Waals surface area contributed by atoms with E-state index in [-0.39, 0.29) is 25.0 Å². The fourth-order valence-electron chi connectivity index (χ4n) is 3.61. The van der Waals surface area contributed by atoms with Crippen LogP contribution in [0.15, 0.2) is 78.9 Å². The summed E-state index contributed by atoms with van der Waals surface area (Å²) in [6, 6.07) is 23.0. The van der Waals surface area contributed by atoms with Crippen molar-refractivity contribution in [2.24, 2.45) is 0 Å². The van der Waals surface area contributed by atoms with Gasteiger partial charge in [0.2, 0.25) is 5.91 Å². The van der Waals surface area contributed by atoms with Gasteiger partial charge in [0.05, 0.1) is 0 Å². The number of nitrogens with zero attached hydrogens (tertiary/aromatic N) is 1. The van der Waals surface area contributed by atoms with Gasteiger partial charge in [-0.3, -0.25) is 9.59 Å². The molecular formula is C28H30Cl2N2O3. The van der Waals surface area contributed by atoms with Crippen molar-refractivity contribution >= 4 is 35.0 Å². The van der Waals surface area contributed by atoms with E-state index in [9.17, 15) is 9.59 Å². The number of para-hydroxylation sites is 1. The van der Waals surface area contributed by atoms with Crippen LogP contribution in [0.4, 0.5) is 0 Å². The molecule has 0 fully saturated rings. The highest BCUT2D eigenvalue weighted by atomic mass is 35.5. The number of ether oxygens (including phenoxy) is 1. The number of benzene rings is 3. The molecule has 0 unspecified atom stereocenters. The molecule has 5 nitrogen and oxygen atoms in total. The van der Waals surface area contributed by atoms with Crippen LogP contribution in [-0.2, 0) is 22.6 Å². The van der Waals surface area contributed by atoms with E-state index < -0.39 is 11.6 Å². The predicted molar refractivity (Wildman–Crippen MR) is 141 cm³/mol. The van der Waals surface area contributed by atoms with Crippen molar-refractivity contribution in [3.8, 4) is 5.75 Å². The fraction of sp³-hybridized carbons (Fsp3) is 0.286. The SMILES string of the molecule is CC(C)(C)NC(=O)[C@@H](Cc1ccccc1)N(Cc1c(Cl)cccc1Cl)C(=O)COc1ccccc1. The summed E-state index contributed by atoms with van der Waals surface area (Å²) < 4.78 is 5.74. The van der Waals surface area contributed by atoms with E-state index in [2.05, 4.69) is 5.32 Å². The molecule has 2 amide bonds. The number of carbonyl (C=O) groups excluding carboxylic acids is 2. The summed E-state index contributed by atoms with van der Waals surface area (Å²) in [5.74, 6) is -0.0530. The fourth-order valence-corrected chi connectivity index (χ4v) is 4.12. The van der Waals surface area contributed by atoms with Gasteiger partial charge in [0, 0.05) is 34.1 Å². The van der Waals surface area contributed by atoms with Gasteiger partial charge in [0.1, 0.15) is 11.8 Å². The molecule has 0 aliphatic heterocycles. The maximum atomic E-state index is 13.6. The average Bonchev–Trinajstić information content (AvgIpc) is 2.81. The van der Waals surface area contributed by atoms with Crippen molar-refractivity contribution in [1.82, 2.24) is 10.2 Å². The van der Waals surface area contributed by atoms with E-state index in [0.29, 0.717) is 27.8 Å². The zero-order chi connectivity index (χ0) is 25.4. The van der Waals surface area contributed by atoms with Crippen molar-refractivity contribution in [2.45, 2.75) is 45.3 Å². The molecule has 0 saturated carbocycles. The number of carbonyl (C=O) groups is 2. The van der Waals surface area contributed by atoms with E-state index in [4.69, 9.17) is 27.9 Å². The largest absolute Gasteiger partial charge is 0.484 e.